The van der Waals surface area contributed by atoms with Crippen molar-refractivity contribution in [2.24, 2.45) is 0 Å². The summed E-state index contributed by atoms with van der Waals surface area (Å²) in [5.74, 6) is -0.0141. The van der Waals surface area contributed by atoms with E-state index in [0.29, 0.717) is 18.6 Å². The van der Waals surface area contributed by atoms with Crippen LogP contribution in [0.3, 0.4) is 0 Å². The van der Waals surface area contributed by atoms with Gasteiger partial charge in [0.2, 0.25) is 0 Å². The van der Waals surface area contributed by atoms with Crippen molar-refractivity contribution >= 4 is 21.5 Å². The number of nitrogens with zero attached hydrogens (tertiary/aromatic N) is 3. The lowest BCUT2D eigenvalue weighted by Crippen LogP contribution is -2.38. The number of anilines is 1. The van der Waals surface area contributed by atoms with E-state index in [1.165, 1.54) is 8.71 Å². The Morgan fingerprint density at radius 3 is 3.00 bits per heavy atom. The number of nitrogen functional groups attached to an aromatic ring is 1. The second-order valence-corrected chi connectivity index (χ2v) is 6.63. The summed E-state index contributed by atoms with van der Waals surface area (Å²) in [6, 6.07) is 4.81. The van der Waals surface area contributed by atoms with Gasteiger partial charge in [-0.3, -0.25) is 4.40 Å². The fourth-order valence-electron chi connectivity index (χ4n) is 2.67. The van der Waals surface area contributed by atoms with Gasteiger partial charge in [0.15, 0.2) is 10.8 Å². The molecule has 1 aliphatic rings. The Bertz CT molecular complexity index is 740. The predicted molar refractivity (Wildman–Crippen MR) is 73.6 cm³/mol. The summed E-state index contributed by atoms with van der Waals surface area (Å²) < 4.78 is 28.3. The molecule has 1 aliphatic heterocycles. The van der Waals surface area contributed by atoms with Crippen molar-refractivity contribution in [3.05, 3.63) is 24.4 Å². The van der Waals surface area contributed by atoms with Gasteiger partial charge >= 0.3 is 0 Å². The topological polar surface area (TPSA) is 101 Å². The highest BCUT2D eigenvalue weighted by Gasteiger charge is 2.38. The zero-order chi connectivity index (χ0) is 14.3. The van der Waals surface area contributed by atoms with Crippen LogP contribution >= 0.6 is 0 Å². The largest absolute Gasteiger partial charge is 0.395 e. The minimum Gasteiger partial charge on any atom is -0.395 e. The first-order valence-electron chi connectivity index (χ1n) is 6.41. The first kappa shape index (κ1) is 13.3. The Labute approximate surface area is 116 Å². The van der Waals surface area contributed by atoms with Crippen LogP contribution in [0, 0.1) is 0 Å². The molecule has 1 atom stereocenters. The Balaban J connectivity index is 2.16. The molecule has 0 aromatic carbocycles. The van der Waals surface area contributed by atoms with Crippen molar-refractivity contribution in [3.63, 3.8) is 0 Å². The number of imidazole rings is 1. The standard InChI is InChI=1S/C12H16N4O3S/c13-11-12(15-6-2-1-5-10(15)14-11)20(18,19)16-7-3-4-9(16)8-17/h1-2,5-6,9,17H,3-4,7-8,13H2. The van der Waals surface area contributed by atoms with Crippen LogP contribution in [-0.4, -0.2) is 46.4 Å². The van der Waals surface area contributed by atoms with E-state index >= 15 is 0 Å². The van der Waals surface area contributed by atoms with Gasteiger partial charge in [0.05, 0.1) is 6.61 Å². The summed E-state index contributed by atoms with van der Waals surface area (Å²) in [6.07, 6.45) is 3.02. The Hall–Kier alpha value is -1.64. The van der Waals surface area contributed by atoms with Gasteiger partial charge in [-0.2, -0.15) is 4.31 Å². The summed E-state index contributed by atoms with van der Waals surface area (Å²) in [5, 5.41) is 9.30. The van der Waals surface area contributed by atoms with Gasteiger partial charge in [0.25, 0.3) is 10.0 Å². The predicted octanol–water partition coefficient (Wildman–Crippen LogP) is 0.0619. The third kappa shape index (κ3) is 1.88. The van der Waals surface area contributed by atoms with Crippen molar-refractivity contribution in [2.45, 2.75) is 23.9 Å². The minimum atomic E-state index is -3.77. The Morgan fingerprint density at radius 2 is 2.25 bits per heavy atom. The molecule has 2 aromatic heterocycles. The average molecular weight is 296 g/mol. The molecule has 1 saturated heterocycles. The summed E-state index contributed by atoms with van der Waals surface area (Å²) >= 11 is 0. The highest BCUT2D eigenvalue weighted by Crippen LogP contribution is 2.29. The van der Waals surface area contributed by atoms with Crippen molar-refractivity contribution in [3.8, 4) is 0 Å². The van der Waals surface area contributed by atoms with Crippen molar-refractivity contribution in [1.29, 1.82) is 0 Å². The number of hydrogen-bond donors (Lipinski definition) is 2. The van der Waals surface area contributed by atoms with Crippen LogP contribution in [0.5, 0.6) is 0 Å². The summed E-state index contributed by atoms with van der Waals surface area (Å²) in [5.41, 5.74) is 6.28. The number of hydrogen-bond acceptors (Lipinski definition) is 5. The zero-order valence-corrected chi connectivity index (χ0v) is 11.6. The van der Waals surface area contributed by atoms with Crippen LogP contribution in [0.1, 0.15) is 12.8 Å². The number of aliphatic hydroxyl groups is 1. The number of nitrogens with two attached hydrogens (primary N) is 1. The van der Waals surface area contributed by atoms with Gasteiger partial charge < -0.3 is 10.8 Å². The molecular formula is C12H16N4O3S. The maximum absolute atomic E-state index is 12.8. The number of pyridine rings is 1. The second-order valence-electron chi connectivity index (χ2n) is 4.83. The molecule has 1 fully saturated rings. The van der Waals surface area contributed by atoms with E-state index in [9.17, 15) is 13.5 Å². The smallest absolute Gasteiger partial charge is 0.263 e. The van der Waals surface area contributed by atoms with Crippen LogP contribution in [-0.2, 0) is 10.0 Å². The van der Waals surface area contributed by atoms with Crippen LogP contribution in [0.15, 0.2) is 29.4 Å². The lowest BCUT2D eigenvalue weighted by Gasteiger charge is -2.22. The van der Waals surface area contributed by atoms with E-state index < -0.39 is 10.0 Å². The second kappa shape index (κ2) is 4.72. The van der Waals surface area contributed by atoms with Crippen LogP contribution in [0.4, 0.5) is 5.82 Å². The fourth-order valence-corrected chi connectivity index (χ4v) is 4.54. The highest BCUT2D eigenvalue weighted by molar-refractivity contribution is 7.89. The first-order chi connectivity index (χ1) is 9.55. The highest BCUT2D eigenvalue weighted by atomic mass is 32.2. The third-order valence-corrected chi connectivity index (χ3v) is 5.59. The lowest BCUT2D eigenvalue weighted by molar-refractivity contribution is 0.213. The number of aliphatic hydroxyl groups excluding tert-OH is 1. The van der Waals surface area contributed by atoms with E-state index in [4.69, 9.17) is 5.73 Å². The monoisotopic (exact) mass is 296 g/mol. The molecule has 3 heterocycles. The van der Waals surface area contributed by atoms with Gasteiger partial charge in [-0.1, -0.05) is 6.07 Å². The minimum absolute atomic E-state index is 0.0141. The first-order valence-corrected chi connectivity index (χ1v) is 7.85. The Morgan fingerprint density at radius 1 is 1.45 bits per heavy atom. The third-order valence-electron chi connectivity index (χ3n) is 3.60. The molecule has 1 unspecified atom stereocenters. The van der Waals surface area contributed by atoms with E-state index in [1.807, 2.05) is 0 Å². The molecular weight excluding hydrogens is 280 g/mol. The SMILES string of the molecule is Nc1nc2ccccn2c1S(=O)(=O)N1CCCC1CO. The zero-order valence-electron chi connectivity index (χ0n) is 10.8. The van der Waals surface area contributed by atoms with E-state index in [2.05, 4.69) is 4.98 Å². The maximum atomic E-state index is 12.8. The number of aromatic nitrogens is 2. The maximum Gasteiger partial charge on any atom is 0.263 e. The summed E-state index contributed by atoms with van der Waals surface area (Å²) in [7, 11) is -3.77. The number of fused-ring (bicyclic) bond motifs is 1. The van der Waals surface area contributed by atoms with Crippen LogP contribution in [0.2, 0.25) is 0 Å². The van der Waals surface area contributed by atoms with Crippen molar-refractivity contribution in [1.82, 2.24) is 13.7 Å². The quantitative estimate of drug-likeness (QED) is 0.834. The normalized spacial score (nSPS) is 20.8. The van der Waals surface area contributed by atoms with Gasteiger partial charge in [0.1, 0.15) is 5.65 Å². The number of rotatable bonds is 3. The molecule has 7 nitrogen and oxygen atoms in total. The Kier molecular flexibility index (Phi) is 3.15. The molecule has 0 aliphatic carbocycles. The molecule has 108 valence electrons. The molecule has 3 N–H and O–H groups in total. The van der Waals surface area contributed by atoms with Gasteiger partial charge in [-0.05, 0) is 25.0 Å². The average Bonchev–Trinajstić information content (AvgIpc) is 3.01. The van der Waals surface area contributed by atoms with Crippen molar-refractivity contribution in [2.75, 3.05) is 18.9 Å². The van der Waals surface area contributed by atoms with Crippen molar-refractivity contribution < 1.29 is 13.5 Å². The summed E-state index contributed by atoms with van der Waals surface area (Å²) in [6.45, 7) is 0.211. The molecule has 0 spiro atoms. The van der Waals surface area contributed by atoms with E-state index in [0.717, 1.165) is 6.42 Å². The van der Waals surface area contributed by atoms with Gasteiger partial charge in [-0.15, -0.1) is 0 Å². The van der Waals surface area contributed by atoms with E-state index in [-0.39, 0.29) is 23.5 Å². The van der Waals surface area contributed by atoms with E-state index in [1.54, 1.807) is 24.4 Å². The molecule has 8 heteroatoms. The number of sulfonamides is 1. The molecule has 0 bridgehead atoms. The molecule has 20 heavy (non-hydrogen) atoms. The molecule has 0 amide bonds. The van der Waals surface area contributed by atoms with Gasteiger partial charge in [0, 0.05) is 18.8 Å². The molecule has 3 rings (SSSR count). The summed E-state index contributed by atoms with van der Waals surface area (Å²) in [4.78, 5) is 4.07. The molecule has 0 radical (unpaired) electrons. The van der Waals surface area contributed by atoms with Crippen LogP contribution in [0.25, 0.3) is 5.65 Å². The fraction of sp³-hybridized carbons (Fsp3) is 0.417. The molecule has 2 aromatic rings. The van der Waals surface area contributed by atoms with Crippen LogP contribution < -0.4 is 5.73 Å². The lowest BCUT2D eigenvalue weighted by atomic mass is 10.2. The van der Waals surface area contributed by atoms with Gasteiger partial charge in [-0.25, -0.2) is 13.4 Å². The molecule has 0 saturated carbocycles.